The van der Waals surface area contributed by atoms with Gasteiger partial charge in [0, 0.05) is 36.1 Å². The lowest BCUT2D eigenvalue weighted by Gasteiger charge is -2.37. The lowest BCUT2D eigenvalue weighted by atomic mass is 9.92. The number of likely N-dealkylation sites (tertiary alicyclic amines) is 1. The Balaban J connectivity index is 1.43. The summed E-state index contributed by atoms with van der Waals surface area (Å²) in [7, 11) is 1.98. The van der Waals surface area contributed by atoms with Crippen molar-refractivity contribution in [3.63, 3.8) is 0 Å². The monoisotopic (exact) mass is 530 g/mol. The molecule has 1 aromatic heterocycles. The van der Waals surface area contributed by atoms with Gasteiger partial charge in [0.15, 0.2) is 17.3 Å². The number of ketones is 1. The maximum absolute atomic E-state index is 14.0. The first-order valence-corrected chi connectivity index (χ1v) is 12.6. The molecule has 1 aliphatic carbocycles. The van der Waals surface area contributed by atoms with Gasteiger partial charge in [0.25, 0.3) is 5.91 Å². The van der Waals surface area contributed by atoms with Gasteiger partial charge in [-0.1, -0.05) is 29.5 Å². The van der Waals surface area contributed by atoms with Gasteiger partial charge in [-0.2, -0.15) is 0 Å². The second kappa shape index (κ2) is 9.03. The molecule has 192 valence electrons. The number of allylic oxidation sites excluding steroid dienone is 2. The van der Waals surface area contributed by atoms with E-state index in [1.54, 1.807) is 30.5 Å². The van der Waals surface area contributed by atoms with E-state index in [2.05, 4.69) is 26.2 Å². The molecule has 38 heavy (non-hydrogen) atoms. The maximum atomic E-state index is 14.0. The predicted molar refractivity (Wildman–Crippen MR) is 142 cm³/mol. The van der Waals surface area contributed by atoms with Crippen LogP contribution in [-0.2, 0) is 4.79 Å². The van der Waals surface area contributed by atoms with Gasteiger partial charge in [-0.25, -0.2) is 4.39 Å². The van der Waals surface area contributed by atoms with Crippen molar-refractivity contribution in [2.45, 2.75) is 18.9 Å². The predicted octanol–water partition coefficient (Wildman–Crippen LogP) is 2.96. The smallest absolute Gasteiger partial charge is 0.251 e. The Morgan fingerprint density at radius 2 is 2.03 bits per heavy atom. The number of hydrogen-bond acceptors (Lipinski definition) is 5. The minimum absolute atomic E-state index is 0.0592. The molecule has 1 atom stereocenters. The van der Waals surface area contributed by atoms with E-state index in [1.165, 1.54) is 18.2 Å². The number of carbonyl (C=O) groups is 2. The van der Waals surface area contributed by atoms with Crippen molar-refractivity contribution in [3.8, 4) is 11.5 Å². The summed E-state index contributed by atoms with van der Waals surface area (Å²) in [5.41, 5.74) is 5.20. The van der Waals surface area contributed by atoms with Crippen molar-refractivity contribution in [1.29, 1.82) is 0 Å². The Hall–Kier alpha value is -4.10. The van der Waals surface area contributed by atoms with Crippen LogP contribution < -0.4 is 25.9 Å². The molecule has 3 heterocycles. The fraction of sp³-hybridized carbons (Fsp3) is 0.207. The van der Waals surface area contributed by atoms with E-state index in [0.717, 1.165) is 12.1 Å². The van der Waals surface area contributed by atoms with Gasteiger partial charge in [0.05, 0.1) is 27.3 Å². The van der Waals surface area contributed by atoms with E-state index in [4.69, 9.17) is 16.3 Å². The number of halogens is 2. The number of hydrogen-bond donors (Lipinski definition) is 3. The highest BCUT2D eigenvalue weighted by molar-refractivity contribution is 6.35. The molecule has 1 spiro atoms. The standard InChI is InChI=1S/C29H24ClFN4O3/c1-16-11-22-25(26-23(12-16)33-28(37)29(34-26)9-10-35(2)15-29)19(14-32-22)27(36)18-8-7-17(13-20(18)30)38-24-6-4-3-5-21(24)31/h3-8,12-14,32,34H,9-10,15H2,1-2H3,(H,33,37). The number of para-hydroxylation sites is 1. The number of rotatable bonds is 4. The summed E-state index contributed by atoms with van der Waals surface area (Å²) >= 11 is 6.54. The number of likely N-dealkylation sites (N-methyl/N-ethyl adjacent to an activating group) is 1. The second-order valence-corrected chi connectivity index (χ2v) is 10.3. The minimum atomic E-state index is -0.794. The zero-order valence-corrected chi connectivity index (χ0v) is 21.5. The number of piperazine rings is 1. The van der Waals surface area contributed by atoms with Gasteiger partial charge in [-0.15, -0.1) is 0 Å². The van der Waals surface area contributed by atoms with Gasteiger partial charge in [-0.05, 0) is 56.3 Å². The van der Waals surface area contributed by atoms with Crippen LogP contribution in [0.25, 0.3) is 11.4 Å². The third-order valence-electron chi connectivity index (χ3n) is 7.08. The Labute approximate surface area is 222 Å². The number of fused-ring (bicyclic) bond motifs is 2. The SMILES string of the molecule is CC1=C=c2[nH]cc(C(=O)c3ccc(Oc4ccccc4F)cc3Cl)c2=C2NC3(CCN(C)C3)C(=O)NC2=C1. The number of aromatic nitrogens is 1. The van der Waals surface area contributed by atoms with Gasteiger partial charge in [-0.3, -0.25) is 9.59 Å². The first kappa shape index (κ1) is 24.2. The summed E-state index contributed by atoms with van der Waals surface area (Å²) in [6, 6.07) is 10.7. The quantitative estimate of drug-likeness (QED) is 0.452. The maximum Gasteiger partial charge on any atom is 0.251 e. The molecule has 2 fully saturated rings. The fourth-order valence-electron chi connectivity index (χ4n) is 5.21. The zero-order chi connectivity index (χ0) is 26.6. The van der Waals surface area contributed by atoms with Crippen LogP contribution in [0.4, 0.5) is 4.39 Å². The molecule has 3 aromatic rings. The number of nitrogens with zero attached hydrogens (tertiary/aromatic N) is 1. The third kappa shape index (κ3) is 4.03. The topological polar surface area (TPSA) is 86.5 Å². The molecule has 9 heteroatoms. The Morgan fingerprint density at radius 1 is 1.21 bits per heavy atom. The van der Waals surface area contributed by atoms with Crippen LogP contribution >= 0.6 is 11.6 Å². The van der Waals surface area contributed by atoms with E-state index in [1.807, 2.05) is 20.0 Å². The van der Waals surface area contributed by atoms with Gasteiger partial charge in [0.2, 0.25) is 0 Å². The highest BCUT2D eigenvalue weighted by Gasteiger charge is 2.47. The Kier molecular flexibility index (Phi) is 5.76. The molecule has 1 unspecified atom stereocenters. The van der Waals surface area contributed by atoms with Gasteiger partial charge < -0.3 is 25.3 Å². The lowest BCUT2D eigenvalue weighted by molar-refractivity contribution is -0.126. The molecule has 3 aliphatic rings. The van der Waals surface area contributed by atoms with E-state index in [9.17, 15) is 14.0 Å². The summed E-state index contributed by atoms with van der Waals surface area (Å²) in [5, 5.41) is 7.98. The van der Waals surface area contributed by atoms with E-state index in [-0.39, 0.29) is 28.0 Å². The number of carbonyl (C=O) groups excluding carboxylic acids is 2. The first-order valence-electron chi connectivity index (χ1n) is 12.2. The van der Waals surface area contributed by atoms with Crippen LogP contribution in [0.2, 0.25) is 5.02 Å². The molecule has 6 rings (SSSR count). The average molecular weight is 531 g/mol. The number of aromatic amines is 1. The Bertz CT molecular complexity index is 1720. The first-order chi connectivity index (χ1) is 18.2. The second-order valence-electron chi connectivity index (χ2n) is 9.85. The van der Waals surface area contributed by atoms with Crippen LogP contribution in [0, 0.1) is 5.82 Å². The zero-order valence-electron chi connectivity index (χ0n) is 20.7. The summed E-state index contributed by atoms with van der Waals surface area (Å²) in [6.07, 6.45) is 4.12. The molecule has 2 aliphatic heterocycles. The molecular formula is C29H24ClFN4O3. The summed E-state index contributed by atoms with van der Waals surface area (Å²) in [6.45, 7) is 3.20. The van der Waals surface area contributed by atoms with E-state index < -0.39 is 11.4 Å². The van der Waals surface area contributed by atoms with Gasteiger partial charge in [0.1, 0.15) is 11.3 Å². The molecular weight excluding hydrogens is 507 g/mol. The van der Waals surface area contributed by atoms with Crippen LogP contribution in [0.15, 0.2) is 66.0 Å². The van der Waals surface area contributed by atoms with Crippen molar-refractivity contribution in [1.82, 2.24) is 20.5 Å². The van der Waals surface area contributed by atoms with Crippen molar-refractivity contribution in [2.75, 3.05) is 20.1 Å². The molecule has 1 amide bonds. The number of amides is 1. The average Bonchev–Trinajstić information content (AvgIpc) is 3.43. The number of benzene rings is 2. The number of H-pyrrole nitrogens is 1. The summed E-state index contributed by atoms with van der Waals surface area (Å²) in [4.78, 5) is 32.2. The summed E-state index contributed by atoms with van der Waals surface area (Å²) < 4.78 is 19.6. The van der Waals surface area contributed by atoms with Gasteiger partial charge >= 0.3 is 0 Å². The highest BCUT2D eigenvalue weighted by Crippen LogP contribution is 2.31. The van der Waals surface area contributed by atoms with E-state index >= 15 is 0 Å². The van der Waals surface area contributed by atoms with Crippen molar-refractivity contribution < 1.29 is 18.7 Å². The largest absolute Gasteiger partial charge is 0.454 e. The Morgan fingerprint density at radius 3 is 2.76 bits per heavy atom. The normalized spacial score (nSPS) is 20.4. The lowest BCUT2D eigenvalue weighted by Crippen LogP contribution is -2.63. The minimum Gasteiger partial charge on any atom is -0.454 e. The highest BCUT2D eigenvalue weighted by atomic mass is 35.5. The number of ether oxygens (including phenoxy) is 1. The van der Waals surface area contributed by atoms with Crippen molar-refractivity contribution in [3.05, 3.63) is 98.5 Å². The van der Waals surface area contributed by atoms with Crippen LogP contribution in [0.3, 0.4) is 0 Å². The van der Waals surface area contributed by atoms with Crippen LogP contribution in [0.1, 0.15) is 29.3 Å². The van der Waals surface area contributed by atoms with Crippen LogP contribution in [-0.4, -0.2) is 47.3 Å². The molecule has 0 radical (unpaired) electrons. The molecule has 0 bridgehead atoms. The number of nitrogens with one attached hydrogen (secondary N) is 3. The molecule has 3 N–H and O–H groups in total. The third-order valence-corrected chi connectivity index (χ3v) is 7.40. The summed E-state index contributed by atoms with van der Waals surface area (Å²) in [5.74, 6) is -0.541. The molecule has 0 saturated carbocycles. The van der Waals surface area contributed by atoms with Crippen molar-refractivity contribution in [2.24, 2.45) is 0 Å². The van der Waals surface area contributed by atoms with Crippen molar-refractivity contribution >= 4 is 34.7 Å². The van der Waals surface area contributed by atoms with E-state index in [0.29, 0.717) is 46.2 Å². The molecule has 2 saturated heterocycles. The fourth-order valence-corrected chi connectivity index (χ4v) is 5.47. The van der Waals surface area contributed by atoms with Crippen LogP contribution in [0.5, 0.6) is 11.5 Å². The molecule has 2 aromatic carbocycles. The molecule has 7 nitrogen and oxygen atoms in total.